The Kier molecular flexibility index (Phi) is 5.86. The van der Waals surface area contributed by atoms with Crippen molar-refractivity contribution < 1.29 is 23.1 Å². The molecule has 0 heterocycles. The van der Waals surface area contributed by atoms with Crippen LogP contribution >= 0.6 is 0 Å². The number of nitrogens with one attached hydrogen (secondary N) is 2. The Bertz CT molecular complexity index is 640. The third-order valence-corrected chi connectivity index (χ3v) is 4.34. The average molecular weight is 314 g/mol. The van der Waals surface area contributed by atoms with Gasteiger partial charge in [-0.2, -0.15) is 0 Å². The highest BCUT2D eigenvalue weighted by Gasteiger charge is 2.21. The fourth-order valence-electron chi connectivity index (χ4n) is 1.70. The molecule has 0 bridgehead atoms. The molecule has 21 heavy (non-hydrogen) atoms. The minimum atomic E-state index is -3.94. The fraction of sp³-hybridized carbons (Fsp3) is 0.385. The van der Waals surface area contributed by atoms with Crippen LogP contribution in [0.3, 0.4) is 0 Å². The van der Waals surface area contributed by atoms with Crippen LogP contribution in [0.2, 0.25) is 0 Å². The molecular formula is C13H18N2O5S. The Morgan fingerprint density at radius 1 is 1.29 bits per heavy atom. The van der Waals surface area contributed by atoms with Gasteiger partial charge in [0.25, 0.3) is 0 Å². The van der Waals surface area contributed by atoms with Crippen molar-refractivity contribution in [2.24, 2.45) is 0 Å². The van der Waals surface area contributed by atoms with Gasteiger partial charge in [0, 0.05) is 6.54 Å². The number of sulfonamides is 1. The molecule has 0 saturated heterocycles. The van der Waals surface area contributed by atoms with Crippen LogP contribution in [0.4, 0.5) is 0 Å². The summed E-state index contributed by atoms with van der Waals surface area (Å²) in [6.45, 7) is 3.37. The minimum Gasteiger partial charge on any atom is -0.478 e. The summed E-state index contributed by atoms with van der Waals surface area (Å²) in [4.78, 5) is 22.3. The van der Waals surface area contributed by atoms with Crippen molar-refractivity contribution in [3.05, 3.63) is 29.3 Å². The first-order valence-electron chi connectivity index (χ1n) is 6.39. The molecule has 0 fully saturated rings. The van der Waals surface area contributed by atoms with Gasteiger partial charge in [0.2, 0.25) is 15.9 Å². The van der Waals surface area contributed by atoms with Gasteiger partial charge in [-0.1, -0.05) is 13.0 Å². The smallest absolute Gasteiger partial charge is 0.335 e. The monoisotopic (exact) mass is 314 g/mol. The van der Waals surface area contributed by atoms with Crippen LogP contribution in [0.15, 0.2) is 23.1 Å². The lowest BCUT2D eigenvalue weighted by atomic mass is 10.1. The highest BCUT2D eigenvalue weighted by Crippen LogP contribution is 2.18. The highest BCUT2D eigenvalue weighted by molar-refractivity contribution is 7.89. The lowest BCUT2D eigenvalue weighted by Crippen LogP contribution is -2.37. The van der Waals surface area contributed by atoms with Gasteiger partial charge in [0.05, 0.1) is 17.0 Å². The molecule has 3 N–H and O–H groups in total. The second-order valence-electron chi connectivity index (χ2n) is 4.41. The first kappa shape index (κ1) is 17.1. The summed E-state index contributed by atoms with van der Waals surface area (Å²) in [5, 5.41) is 11.5. The Morgan fingerprint density at radius 2 is 1.95 bits per heavy atom. The van der Waals surface area contributed by atoms with Gasteiger partial charge in [-0.25, -0.2) is 17.9 Å². The molecule has 0 aliphatic rings. The standard InChI is InChI=1S/C13H18N2O5S/c1-3-7-14-12(16)8-15-21(19,20)11-6-4-5-10(9(11)2)13(17)18/h4-6,15H,3,7-8H2,1-2H3,(H,14,16)(H,17,18). The molecule has 0 atom stereocenters. The molecule has 1 rings (SSSR count). The number of rotatable bonds is 7. The molecule has 0 radical (unpaired) electrons. The molecule has 1 aromatic carbocycles. The quantitative estimate of drug-likeness (QED) is 0.678. The van der Waals surface area contributed by atoms with Crippen LogP contribution in [-0.4, -0.2) is 38.5 Å². The van der Waals surface area contributed by atoms with Crippen LogP contribution in [0, 0.1) is 6.92 Å². The highest BCUT2D eigenvalue weighted by atomic mass is 32.2. The third kappa shape index (κ3) is 4.54. The van der Waals surface area contributed by atoms with Crippen LogP contribution in [0.1, 0.15) is 29.3 Å². The number of carboxylic acids is 1. The molecule has 0 aliphatic carbocycles. The van der Waals surface area contributed by atoms with Crippen molar-refractivity contribution in [2.75, 3.05) is 13.1 Å². The zero-order valence-corrected chi connectivity index (χ0v) is 12.7. The summed E-state index contributed by atoms with van der Waals surface area (Å²) < 4.78 is 26.4. The number of hydrogen-bond donors (Lipinski definition) is 3. The zero-order chi connectivity index (χ0) is 16.0. The van der Waals surface area contributed by atoms with Crippen molar-refractivity contribution >= 4 is 21.9 Å². The second-order valence-corrected chi connectivity index (χ2v) is 6.14. The third-order valence-electron chi connectivity index (χ3n) is 2.80. The zero-order valence-electron chi connectivity index (χ0n) is 11.8. The number of carbonyl (C=O) groups is 2. The second kappa shape index (κ2) is 7.19. The molecule has 8 heteroatoms. The van der Waals surface area contributed by atoms with E-state index in [1.54, 1.807) is 0 Å². The van der Waals surface area contributed by atoms with E-state index in [0.717, 1.165) is 6.42 Å². The van der Waals surface area contributed by atoms with Gasteiger partial charge < -0.3 is 10.4 Å². The molecule has 1 aromatic rings. The van der Waals surface area contributed by atoms with E-state index in [9.17, 15) is 18.0 Å². The van der Waals surface area contributed by atoms with E-state index < -0.39 is 21.9 Å². The summed E-state index contributed by atoms with van der Waals surface area (Å²) >= 11 is 0. The summed E-state index contributed by atoms with van der Waals surface area (Å²) in [6, 6.07) is 3.97. The minimum absolute atomic E-state index is 0.0895. The van der Waals surface area contributed by atoms with E-state index in [2.05, 4.69) is 10.0 Å². The summed E-state index contributed by atoms with van der Waals surface area (Å²) in [7, 11) is -3.94. The number of benzene rings is 1. The molecule has 116 valence electrons. The van der Waals surface area contributed by atoms with Crippen molar-refractivity contribution in [2.45, 2.75) is 25.2 Å². The fourth-order valence-corrected chi connectivity index (χ4v) is 2.95. The maximum atomic E-state index is 12.1. The normalized spacial score (nSPS) is 11.1. The topological polar surface area (TPSA) is 113 Å². The molecule has 0 unspecified atom stereocenters. The molecule has 1 amide bonds. The Balaban J connectivity index is 2.91. The number of hydrogen-bond acceptors (Lipinski definition) is 4. The van der Waals surface area contributed by atoms with E-state index >= 15 is 0 Å². The van der Waals surface area contributed by atoms with Crippen molar-refractivity contribution in [1.82, 2.24) is 10.0 Å². The molecule has 0 spiro atoms. The van der Waals surface area contributed by atoms with Crippen molar-refractivity contribution in [3.63, 3.8) is 0 Å². The molecule has 0 saturated carbocycles. The summed E-state index contributed by atoms with van der Waals surface area (Å²) in [5.74, 6) is -1.64. The van der Waals surface area contributed by atoms with Gasteiger partial charge in [-0.15, -0.1) is 0 Å². The first-order valence-corrected chi connectivity index (χ1v) is 7.87. The number of carbonyl (C=O) groups excluding carboxylic acids is 1. The molecule has 0 aromatic heterocycles. The lowest BCUT2D eigenvalue weighted by Gasteiger charge is -2.11. The Labute approximate surface area is 123 Å². The first-order chi connectivity index (χ1) is 9.79. The number of amides is 1. The van der Waals surface area contributed by atoms with E-state index in [0.29, 0.717) is 6.54 Å². The van der Waals surface area contributed by atoms with E-state index in [1.807, 2.05) is 6.92 Å². The number of carboxylic acid groups (broad SMARTS) is 1. The van der Waals surface area contributed by atoms with E-state index in [-0.39, 0.29) is 22.6 Å². The summed E-state index contributed by atoms with van der Waals surface area (Å²) in [5.41, 5.74) is 0.0415. The van der Waals surface area contributed by atoms with E-state index in [4.69, 9.17) is 5.11 Å². The van der Waals surface area contributed by atoms with Gasteiger partial charge in [-0.3, -0.25) is 4.79 Å². The molecule has 0 aliphatic heterocycles. The van der Waals surface area contributed by atoms with Crippen LogP contribution in [0.5, 0.6) is 0 Å². The van der Waals surface area contributed by atoms with Crippen LogP contribution < -0.4 is 10.0 Å². The van der Waals surface area contributed by atoms with Crippen molar-refractivity contribution in [1.29, 1.82) is 0 Å². The SMILES string of the molecule is CCCNC(=O)CNS(=O)(=O)c1cccc(C(=O)O)c1C. The number of aromatic carboxylic acids is 1. The van der Waals surface area contributed by atoms with Gasteiger partial charge in [-0.05, 0) is 31.0 Å². The predicted octanol–water partition coefficient (Wildman–Crippen LogP) is 0.498. The lowest BCUT2D eigenvalue weighted by molar-refractivity contribution is -0.119. The van der Waals surface area contributed by atoms with Crippen LogP contribution in [-0.2, 0) is 14.8 Å². The molecular weight excluding hydrogens is 296 g/mol. The summed E-state index contributed by atoms with van der Waals surface area (Å²) in [6.07, 6.45) is 0.748. The molecule has 7 nitrogen and oxygen atoms in total. The van der Waals surface area contributed by atoms with Gasteiger partial charge in [0.15, 0.2) is 0 Å². The Morgan fingerprint density at radius 3 is 2.52 bits per heavy atom. The van der Waals surface area contributed by atoms with Gasteiger partial charge in [0.1, 0.15) is 0 Å². The largest absolute Gasteiger partial charge is 0.478 e. The maximum Gasteiger partial charge on any atom is 0.335 e. The van der Waals surface area contributed by atoms with E-state index in [1.165, 1.54) is 25.1 Å². The average Bonchev–Trinajstić information content (AvgIpc) is 2.42. The van der Waals surface area contributed by atoms with Gasteiger partial charge >= 0.3 is 5.97 Å². The van der Waals surface area contributed by atoms with Crippen LogP contribution in [0.25, 0.3) is 0 Å². The van der Waals surface area contributed by atoms with Crippen molar-refractivity contribution in [3.8, 4) is 0 Å². The maximum absolute atomic E-state index is 12.1. The Hall–Kier alpha value is -1.93. The predicted molar refractivity (Wildman–Crippen MR) is 76.6 cm³/mol.